The lowest BCUT2D eigenvalue weighted by molar-refractivity contribution is -0.384. The smallest absolute Gasteiger partial charge is 0.270 e. The molecule has 1 heterocycles. The zero-order chi connectivity index (χ0) is 21.7. The third-order valence-corrected chi connectivity index (χ3v) is 5.55. The molecule has 2 aromatic carbocycles. The van der Waals surface area contributed by atoms with Crippen LogP contribution in [-0.2, 0) is 11.3 Å². The summed E-state index contributed by atoms with van der Waals surface area (Å²) in [6.45, 7) is 3.83. The van der Waals surface area contributed by atoms with Crippen molar-refractivity contribution in [1.29, 1.82) is 0 Å². The second-order valence-electron chi connectivity index (χ2n) is 6.99. The number of amides is 1. The largest absolute Gasteiger partial charge is 0.494 e. The summed E-state index contributed by atoms with van der Waals surface area (Å²) in [6.07, 6.45) is 0. The monoisotopic (exact) mass is 480 g/mol. The van der Waals surface area contributed by atoms with Crippen molar-refractivity contribution < 1.29 is 18.8 Å². The molecule has 0 aromatic heterocycles. The lowest BCUT2D eigenvalue weighted by atomic mass is 10.2. The van der Waals surface area contributed by atoms with Gasteiger partial charge < -0.3 is 10.1 Å². The molecule has 1 amide bonds. The van der Waals surface area contributed by atoms with Gasteiger partial charge in [0, 0.05) is 49.3 Å². The Morgan fingerprint density at radius 3 is 2.50 bits per heavy atom. The molecule has 30 heavy (non-hydrogen) atoms. The van der Waals surface area contributed by atoms with Crippen molar-refractivity contribution in [2.24, 2.45) is 0 Å². The number of benzene rings is 2. The zero-order valence-corrected chi connectivity index (χ0v) is 18.0. The van der Waals surface area contributed by atoms with Gasteiger partial charge in [-0.05, 0) is 39.7 Å². The topological polar surface area (TPSA) is 88.0 Å². The first-order valence-corrected chi connectivity index (χ1v) is 10.2. The van der Waals surface area contributed by atoms with Crippen LogP contribution < -0.4 is 10.1 Å². The number of rotatable bonds is 7. The van der Waals surface area contributed by atoms with Gasteiger partial charge in [-0.25, -0.2) is 4.39 Å². The molecular formula is C20H22BrFN4O4. The number of anilines is 1. The number of methoxy groups -OCH3 is 1. The van der Waals surface area contributed by atoms with Gasteiger partial charge in [0.15, 0.2) is 11.6 Å². The van der Waals surface area contributed by atoms with E-state index in [1.165, 1.54) is 31.4 Å². The van der Waals surface area contributed by atoms with Gasteiger partial charge in [0.05, 0.1) is 24.3 Å². The van der Waals surface area contributed by atoms with Crippen molar-refractivity contribution in [3.63, 3.8) is 0 Å². The quantitative estimate of drug-likeness (QED) is 0.483. The predicted octanol–water partition coefficient (Wildman–Crippen LogP) is 3.26. The summed E-state index contributed by atoms with van der Waals surface area (Å²) in [6, 6.07) is 9.18. The summed E-state index contributed by atoms with van der Waals surface area (Å²) in [5.41, 5.74) is 1.32. The number of piperazine rings is 1. The number of nitro groups is 1. The molecule has 1 aliphatic rings. The molecule has 8 nitrogen and oxygen atoms in total. The van der Waals surface area contributed by atoms with E-state index in [9.17, 15) is 19.3 Å². The standard InChI is InChI=1S/C20H22BrFN4O4/c1-30-19-5-2-14(10-17(19)22)12-24-6-8-25(9-7-24)13-20(27)23-18-4-3-15(26(28)29)11-16(18)21/h2-5,10-11H,6-9,12-13H2,1H3,(H,23,27). The lowest BCUT2D eigenvalue weighted by Gasteiger charge is -2.34. The Balaban J connectivity index is 1.47. The summed E-state index contributed by atoms with van der Waals surface area (Å²) >= 11 is 3.25. The number of non-ortho nitro benzene ring substituents is 1. The molecule has 1 N–H and O–H groups in total. The zero-order valence-electron chi connectivity index (χ0n) is 16.4. The minimum absolute atomic E-state index is 0.0484. The van der Waals surface area contributed by atoms with Crippen molar-refractivity contribution in [3.8, 4) is 5.75 Å². The second-order valence-corrected chi connectivity index (χ2v) is 7.84. The highest BCUT2D eigenvalue weighted by atomic mass is 79.9. The number of carbonyl (C=O) groups is 1. The van der Waals surface area contributed by atoms with Gasteiger partial charge in [-0.1, -0.05) is 6.07 Å². The number of halogens is 2. The minimum Gasteiger partial charge on any atom is -0.494 e. The second kappa shape index (κ2) is 9.96. The molecule has 0 spiro atoms. The SMILES string of the molecule is COc1ccc(CN2CCN(CC(=O)Nc3ccc([N+](=O)[O-])cc3Br)CC2)cc1F. The highest BCUT2D eigenvalue weighted by Crippen LogP contribution is 2.27. The van der Waals surface area contributed by atoms with Crippen LogP contribution in [0.25, 0.3) is 0 Å². The van der Waals surface area contributed by atoms with Gasteiger partial charge in [-0.2, -0.15) is 0 Å². The van der Waals surface area contributed by atoms with E-state index in [0.29, 0.717) is 29.8 Å². The number of nitrogens with one attached hydrogen (secondary N) is 1. The molecule has 3 rings (SSSR count). The van der Waals surface area contributed by atoms with E-state index in [1.807, 2.05) is 11.0 Å². The van der Waals surface area contributed by atoms with Crippen molar-refractivity contribution in [2.45, 2.75) is 6.54 Å². The minimum atomic E-state index is -0.490. The third-order valence-electron chi connectivity index (χ3n) is 4.89. The molecule has 160 valence electrons. The van der Waals surface area contributed by atoms with E-state index in [1.54, 1.807) is 6.07 Å². The lowest BCUT2D eigenvalue weighted by Crippen LogP contribution is -2.48. The highest BCUT2D eigenvalue weighted by molar-refractivity contribution is 9.10. The normalized spacial score (nSPS) is 15.0. The number of ether oxygens (including phenoxy) is 1. The maximum Gasteiger partial charge on any atom is 0.270 e. The summed E-state index contributed by atoms with van der Waals surface area (Å²) in [5.74, 6) is -0.327. The van der Waals surface area contributed by atoms with E-state index in [4.69, 9.17) is 4.74 Å². The molecule has 0 radical (unpaired) electrons. The molecule has 1 saturated heterocycles. The molecule has 0 aliphatic carbocycles. The van der Waals surface area contributed by atoms with E-state index in [-0.39, 0.29) is 29.7 Å². The Morgan fingerprint density at radius 2 is 1.90 bits per heavy atom. The molecule has 1 fully saturated rings. The van der Waals surface area contributed by atoms with Crippen LogP contribution >= 0.6 is 15.9 Å². The number of nitro benzene ring substituents is 1. The van der Waals surface area contributed by atoms with E-state index in [0.717, 1.165) is 18.7 Å². The van der Waals surface area contributed by atoms with Crippen LogP contribution in [0.5, 0.6) is 5.75 Å². The van der Waals surface area contributed by atoms with Crippen LogP contribution in [0.2, 0.25) is 0 Å². The fourth-order valence-corrected chi connectivity index (χ4v) is 3.75. The molecule has 0 bridgehead atoms. The van der Waals surface area contributed by atoms with Crippen molar-refractivity contribution >= 4 is 33.2 Å². The fraction of sp³-hybridized carbons (Fsp3) is 0.350. The molecule has 10 heteroatoms. The molecule has 1 aliphatic heterocycles. The number of nitrogens with zero attached hydrogens (tertiary/aromatic N) is 3. The highest BCUT2D eigenvalue weighted by Gasteiger charge is 2.20. The Kier molecular flexibility index (Phi) is 7.35. The van der Waals surface area contributed by atoms with Gasteiger partial charge in [0.2, 0.25) is 5.91 Å². The Hall–Kier alpha value is -2.56. The van der Waals surface area contributed by atoms with Crippen molar-refractivity contribution in [3.05, 3.63) is 62.4 Å². The third kappa shape index (κ3) is 5.74. The summed E-state index contributed by atoms with van der Waals surface area (Å²) < 4.78 is 19.2. The first-order valence-electron chi connectivity index (χ1n) is 9.36. The van der Waals surface area contributed by atoms with Gasteiger partial charge in [0.1, 0.15) is 0 Å². The van der Waals surface area contributed by atoms with Gasteiger partial charge in [-0.15, -0.1) is 0 Å². The van der Waals surface area contributed by atoms with Crippen LogP contribution in [0.4, 0.5) is 15.8 Å². The average Bonchev–Trinajstić information content (AvgIpc) is 2.71. The van der Waals surface area contributed by atoms with Gasteiger partial charge in [-0.3, -0.25) is 24.7 Å². The van der Waals surface area contributed by atoms with Crippen molar-refractivity contribution in [2.75, 3.05) is 45.2 Å². The average molecular weight is 481 g/mol. The van der Waals surface area contributed by atoms with E-state index >= 15 is 0 Å². The fourth-order valence-electron chi connectivity index (χ4n) is 3.28. The van der Waals surface area contributed by atoms with Crippen LogP contribution in [-0.4, -0.2) is 60.5 Å². The van der Waals surface area contributed by atoms with E-state index < -0.39 is 4.92 Å². The van der Waals surface area contributed by atoms with Crippen molar-refractivity contribution in [1.82, 2.24) is 9.80 Å². The molecular weight excluding hydrogens is 459 g/mol. The number of hydrogen-bond donors (Lipinski definition) is 1. The predicted molar refractivity (Wildman–Crippen MR) is 114 cm³/mol. The number of carbonyl (C=O) groups excluding carboxylic acids is 1. The molecule has 0 unspecified atom stereocenters. The van der Waals surface area contributed by atoms with Gasteiger partial charge in [0.25, 0.3) is 5.69 Å². The summed E-state index contributed by atoms with van der Waals surface area (Å²) in [5, 5.41) is 13.6. The van der Waals surface area contributed by atoms with Crippen LogP contribution in [0, 0.1) is 15.9 Å². The Bertz CT molecular complexity index is 935. The molecule has 0 atom stereocenters. The van der Waals surface area contributed by atoms with E-state index in [2.05, 4.69) is 26.1 Å². The maximum atomic E-state index is 13.8. The van der Waals surface area contributed by atoms with Crippen LogP contribution in [0.3, 0.4) is 0 Å². The Labute approximate surface area is 181 Å². The van der Waals surface area contributed by atoms with Crippen LogP contribution in [0.1, 0.15) is 5.56 Å². The molecule has 0 saturated carbocycles. The maximum absolute atomic E-state index is 13.8. The molecule has 2 aromatic rings. The van der Waals surface area contributed by atoms with Gasteiger partial charge >= 0.3 is 0 Å². The first kappa shape index (κ1) is 22.1. The first-order chi connectivity index (χ1) is 14.4. The van der Waals surface area contributed by atoms with Crippen LogP contribution in [0.15, 0.2) is 40.9 Å². The summed E-state index contributed by atoms with van der Waals surface area (Å²) in [7, 11) is 1.44. The Morgan fingerprint density at radius 1 is 1.20 bits per heavy atom. The number of hydrogen-bond acceptors (Lipinski definition) is 6. The summed E-state index contributed by atoms with van der Waals surface area (Å²) in [4.78, 5) is 26.9.